The molecule has 0 aliphatic rings. The summed E-state index contributed by atoms with van der Waals surface area (Å²) in [5, 5.41) is 7.50. The van der Waals surface area contributed by atoms with Gasteiger partial charge in [-0.2, -0.15) is 0 Å². The predicted molar refractivity (Wildman–Crippen MR) is 76.4 cm³/mol. The van der Waals surface area contributed by atoms with Gasteiger partial charge in [-0.25, -0.2) is 4.39 Å². The number of nitrogen functional groups attached to an aromatic ring is 1. The summed E-state index contributed by atoms with van der Waals surface area (Å²) in [6, 6.07) is 9.74. The van der Waals surface area contributed by atoms with Crippen LogP contribution in [0.3, 0.4) is 0 Å². The number of halogens is 2. The molecule has 2 aromatic rings. The topological polar surface area (TPSA) is 59.1 Å². The van der Waals surface area contributed by atoms with E-state index in [0.29, 0.717) is 22.6 Å². The van der Waals surface area contributed by atoms with Gasteiger partial charge in [0.1, 0.15) is 23.2 Å². The van der Waals surface area contributed by atoms with Crippen molar-refractivity contribution in [3.8, 4) is 11.5 Å². The molecule has 0 aliphatic heterocycles. The zero-order chi connectivity index (χ0) is 14.0. The highest BCUT2D eigenvalue weighted by molar-refractivity contribution is 9.10. The number of aryl methyl sites for hydroxylation is 1. The van der Waals surface area contributed by atoms with Crippen LogP contribution in [0.15, 0.2) is 40.9 Å². The summed E-state index contributed by atoms with van der Waals surface area (Å²) in [4.78, 5) is 0. The van der Waals surface area contributed by atoms with Gasteiger partial charge in [-0.05, 0) is 36.8 Å². The highest BCUT2D eigenvalue weighted by Gasteiger charge is 2.09. The van der Waals surface area contributed by atoms with Crippen molar-refractivity contribution < 1.29 is 9.13 Å². The van der Waals surface area contributed by atoms with Crippen molar-refractivity contribution in [2.45, 2.75) is 6.92 Å². The monoisotopic (exact) mass is 322 g/mol. The number of hydrogen-bond acceptors (Lipinski definition) is 2. The van der Waals surface area contributed by atoms with Gasteiger partial charge >= 0.3 is 0 Å². The minimum absolute atomic E-state index is 0.102. The van der Waals surface area contributed by atoms with Crippen molar-refractivity contribution in [2.24, 2.45) is 5.73 Å². The van der Waals surface area contributed by atoms with Crippen LogP contribution in [0.1, 0.15) is 11.1 Å². The highest BCUT2D eigenvalue weighted by Crippen LogP contribution is 2.29. The van der Waals surface area contributed by atoms with Crippen LogP contribution in [0.5, 0.6) is 11.5 Å². The van der Waals surface area contributed by atoms with Crippen LogP contribution in [-0.4, -0.2) is 5.84 Å². The van der Waals surface area contributed by atoms with Crippen LogP contribution in [0.25, 0.3) is 0 Å². The molecule has 2 aromatic carbocycles. The molecule has 0 unspecified atom stereocenters. The molecule has 0 saturated carbocycles. The Labute approximate surface area is 118 Å². The molecule has 3 nitrogen and oxygen atoms in total. The Bertz CT molecular complexity index is 643. The van der Waals surface area contributed by atoms with E-state index in [1.165, 1.54) is 6.07 Å². The van der Waals surface area contributed by atoms with Crippen molar-refractivity contribution in [3.05, 3.63) is 57.8 Å². The number of nitrogens with two attached hydrogens (primary N) is 1. The smallest absolute Gasteiger partial charge is 0.139 e. The molecule has 0 aliphatic carbocycles. The molecule has 0 radical (unpaired) electrons. The predicted octanol–water partition coefficient (Wildman–Crippen LogP) is 3.97. The van der Waals surface area contributed by atoms with Gasteiger partial charge in [0.05, 0.1) is 5.56 Å². The van der Waals surface area contributed by atoms with E-state index in [-0.39, 0.29) is 11.7 Å². The Morgan fingerprint density at radius 2 is 2.00 bits per heavy atom. The normalized spacial score (nSPS) is 10.3. The number of hydrogen-bond donors (Lipinski definition) is 2. The van der Waals surface area contributed by atoms with Gasteiger partial charge in [0.15, 0.2) is 0 Å². The minimum Gasteiger partial charge on any atom is -0.456 e. The van der Waals surface area contributed by atoms with Gasteiger partial charge in [-0.1, -0.05) is 22.0 Å². The first-order valence-corrected chi connectivity index (χ1v) is 6.34. The molecular weight excluding hydrogens is 311 g/mol. The third kappa shape index (κ3) is 3.12. The van der Waals surface area contributed by atoms with Gasteiger partial charge in [0.2, 0.25) is 0 Å². The quantitative estimate of drug-likeness (QED) is 0.663. The van der Waals surface area contributed by atoms with E-state index in [0.717, 1.165) is 4.47 Å². The van der Waals surface area contributed by atoms with Crippen molar-refractivity contribution in [1.82, 2.24) is 0 Å². The number of rotatable bonds is 3. The molecule has 0 bridgehead atoms. The van der Waals surface area contributed by atoms with Crippen molar-refractivity contribution in [1.29, 1.82) is 5.41 Å². The number of nitrogens with one attached hydrogen (secondary N) is 1. The molecule has 0 fully saturated rings. The van der Waals surface area contributed by atoms with E-state index >= 15 is 0 Å². The average molecular weight is 323 g/mol. The molecule has 0 aromatic heterocycles. The van der Waals surface area contributed by atoms with E-state index in [1.807, 2.05) is 0 Å². The van der Waals surface area contributed by atoms with Crippen LogP contribution in [0.4, 0.5) is 4.39 Å². The summed E-state index contributed by atoms with van der Waals surface area (Å²) in [6.07, 6.45) is 0. The van der Waals surface area contributed by atoms with Crippen molar-refractivity contribution >= 4 is 21.8 Å². The second-order valence-electron chi connectivity index (χ2n) is 4.07. The summed E-state index contributed by atoms with van der Waals surface area (Å²) in [7, 11) is 0. The first-order valence-electron chi connectivity index (χ1n) is 5.55. The molecule has 0 heterocycles. The molecule has 0 atom stereocenters. The Hall–Kier alpha value is -1.88. The second kappa shape index (κ2) is 5.40. The molecule has 0 spiro atoms. The van der Waals surface area contributed by atoms with Crippen molar-refractivity contribution in [2.75, 3.05) is 0 Å². The van der Waals surface area contributed by atoms with Gasteiger partial charge < -0.3 is 10.5 Å². The zero-order valence-corrected chi connectivity index (χ0v) is 11.8. The largest absolute Gasteiger partial charge is 0.456 e. The fourth-order valence-corrected chi connectivity index (χ4v) is 1.91. The molecular formula is C14H12BrFN2O. The molecule has 0 amide bonds. The SMILES string of the molecule is Cc1ccc(Oc2cc(Br)ccc2C(=N)N)cc1F. The van der Waals surface area contributed by atoms with E-state index in [9.17, 15) is 4.39 Å². The first kappa shape index (κ1) is 13.5. The second-order valence-corrected chi connectivity index (χ2v) is 4.98. The first-order chi connectivity index (χ1) is 8.97. The average Bonchev–Trinajstić information content (AvgIpc) is 2.33. The van der Waals surface area contributed by atoms with E-state index in [4.69, 9.17) is 15.9 Å². The lowest BCUT2D eigenvalue weighted by atomic mass is 10.2. The van der Waals surface area contributed by atoms with Crippen LogP contribution in [0.2, 0.25) is 0 Å². The molecule has 98 valence electrons. The summed E-state index contributed by atoms with van der Waals surface area (Å²) >= 11 is 3.32. The lowest BCUT2D eigenvalue weighted by molar-refractivity contribution is 0.474. The summed E-state index contributed by atoms with van der Waals surface area (Å²) in [5.41, 5.74) is 6.50. The summed E-state index contributed by atoms with van der Waals surface area (Å²) in [6.45, 7) is 1.68. The van der Waals surface area contributed by atoms with Crippen LogP contribution in [-0.2, 0) is 0 Å². The van der Waals surface area contributed by atoms with Crippen LogP contribution < -0.4 is 10.5 Å². The Morgan fingerprint density at radius 1 is 1.26 bits per heavy atom. The Balaban J connectivity index is 2.39. The molecule has 19 heavy (non-hydrogen) atoms. The Morgan fingerprint density at radius 3 is 2.63 bits per heavy atom. The van der Waals surface area contributed by atoms with Gasteiger partial charge in [-0.3, -0.25) is 5.41 Å². The minimum atomic E-state index is -0.336. The van der Waals surface area contributed by atoms with Crippen LogP contribution in [0, 0.1) is 18.2 Å². The van der Waals surface area contributed by atoms with Gasteiger partial charge in [-0.15, -0.1) is 0 Å². The fraction of sp³-hybridized carbons (Fsp3) is 0.0714. The van der Waals surface area contributed by atoms with E-state index in [1.54, 1.807) is 37.3 Å². The Kier molecular flexibility index (Phi) is 3.85. The maximum atomic E-state index is 13.5. The van der Waals surface area contributed by atoms with E-state index in [2.05, 4.69) is 15.9 Å². The third-order valence-corrected chi connectivity index (χ3v) is 3.10. The lowest BCUT2D eigenvalue weighted by Crippen LogP contribution is -2.12. The highest BCUT2D eigenvalue weighted by atomic mass is 79.9. The lowest BCUT2D eigenvalue weighted by Gasteiger charge is -2.11. The number of ether oxygens (including phenoxy) is 1. The maximum Gasteiger partial charge on any atom is 0.139 e. The zero-order valence-electron chi connectivity index (χ0n) is 10.2. The standard InChI is InChI=1S/C14H12BrFN2O/c1-8-2-4-10(7-12(8)16)19-13-6-9(15)3-5-11(13)14(17)18/h2-7H,1H3,(H3,17,18). The van der Waals surface area contributed by atoms with E-state index < -0.39 is 0 Å². The number of benzene rings is 2. The summed E-state index contributed by atoms with van der Waals surface area (Å²) in [5.74, 6) is 0.334. The molecule has 3 N–H and O–H groups in total. The van der Waals surface area contributed by atoms with Gasteiger partial charge in [0.25, 0.3) is 0 Å². The third-order valence-electron chi connectivity index (χ3n) is 2.60. The summed E-state index contributed by atoms with van der Waals surface area (Å²) < 4.78 is 19.9. The van der Waals surface area contributed by atoms with Crippen molar-refractivity contribution in [3.63, 3.8) is 0 Å². The molecule has 0 saturated heterocycles. The van der Waals surface area contributed by atoms with Gasteiger partial charge in [0, 0.05) is 10.5 Å². The number of amidine groups is 1. The fourth-order valence-electron chi connectivity index (χ4n) is 1.57. The van der Waals surface area contributed by atoms with Crippen LogP contribution >= 0.6 is 15.9 Å². The maximum absolute atomic E-state index is 13.5. The molecule has 2 rings (SSSR count). The molecule has 5 heteroatoms.